The molecule has 1 N–H and O–H groups in total. The number of para-hydroxylation sites is 1. The molecular formula is C17H22N2OS. The van der Waals surface area contributed by atoms with E-state index >= 15 is 0 Å². The van der Waals surface area contributed by atoms with Gasteiger partial charge in [0.25, 0.3) is 0 Å². The van der Waals surface area contributed by atoms with Gasteiger partial charge in [0.1, 0.15) is 0 Å². The molecule has 112 valence electrons. The summed E-state index contributed by atoms with van der Waals surface area (Å²) in [5.41, 5.74) is 1.04. The van der Waals surface area contributed by atoms with Crippen LogP contribution in [-0.4, -0.2) is 16.9 Å². The molecule has 1 amide bonds. The largest absolute Gasteiger partial charge is 0.353 e. The third kappa shape index (κ3) is 3.62. The van der Waals surface area contributed by atoms with Crippen LogP contribution in [-0.2, 0) is 11.2 Å². The molecule has 0 saturated heterocycles. The highest BCUT2D eigenvalue weighted by Gasteiger charge is 2.22. The number of amides is 1. The van der Waals surface area contributed by atoms with Gasteiger partial charge in [-0.05, 0) is 30.9 Å². The highest BCUT2D eigenvalue weighted by atomic mass is 32.1. The molecular weight excluding hydrogens is 280 g/mol. The van der Waals surface area contributed by atoms with E-state index in [1.807, 2.05) is 18.2 Å². The van der Waals surface area contributed by atoms with E-state index in [1.54, 1.807) is 11.3 Å². The third-order valence-corrected chi connectivity index (χ3v) is 5.46. The van der Waals surface area contributed by atoms with Crippen LogP contribution in [0.4, 0.5) is 0 Å². The van der Waals surface area contributed by atoms with Gasteiger partial charge in [-0.2, -0.15) is 0 Å². The molecule has 1 saturated carbocycles. The van der Waals surface area contributed by atoms with Crippen molar-refractivity contribution in [1.29, 1.82) is 0 Å². The Morgan fingerprint density at radius 3 is 2.95 bits per heavy atom. The lowest BCUT2D eigenvalue weighted by atomic mass is 9.86. The number of rotatable bonds is 4. The summed E-state index contributed by atoms with van der Waals surface area (Å²) in [7, 11) is 0. The first-order chi connectivity index (χ1) is 10.2. The minimum absolute atomic E-state index is 0.174. The SMILES string of the molecule is C[C@H]1CCCC[C@H]1NC(=O)CCc1nc2ccccc2s1. The van der Waals surface area contributed by atoms with Crippen molar-refractivity contribution in [2.75, 3.05) is 0 Å². The van der Waals surface area contributed by atoms with Gasteiger partial charge in [0, 0.05) is 18.9 Å². The standard InChI is InChI=1S/C17H22N2OS/c1-12-6-2-3-7-13(12)18-16(20)10-11-17-19-14-8-4-5-9-15(14)21-17/h4-5,8-9,12-13H,2-3,6-7,10-11H2,1H3,(H,18,20)/t12-,13+/m0/s1. The number of nitrogens with one attached hydrogen (secondary N) is 1. The first-order valence-corrected chi connectivity index (χ1v) is 8.68. The molecule has 0 unspecified atom stereocenters. The fourth-order valence-corrected chi connectivity index (χ4v) is 4.02. The zero-order chi connectivity index (χ0) is 14.7. The molecule has 1 aromatic carbocycles. The summed E-state index contributed by atoms with van der Waals surface area (Å²) in [6.07, 6.45) is 6.21. The summed E-state index contributed by atoms with van der Waals surface area (Å²) in [5, 5.41) is 4.27. The second kappa shape index (κ2) is 6.56. The predicted molar refractivity (Wildman–Crippen MR) is 87.5 cm³/mol. The van der Waals surface area contributed by atoms with E-state index in [0.29, 0.717) is 18.4 Å². The van der Waals surface area contributed by atoms with Crippen LogP contribution in [0.2, 0.25) is 0 Å². The lowest BCUT2D eigenvalue weighted by Gasteiger charge is -2.29. The van der Waals surface area contributed by atoms with Gasteiger partial charge in [0.2, 0.25) is 5.91 Å². The predicted octanol–water partition coefficient (Wildman–Crippen LogP) is 3.92. The van der Waals surface area contributed by atoms with E-state index in [0.717, 1.165) is 23.4 Å². The van der Waals surface area contributed by atoms with Crippen LogP contribution in [0.15, 0.2) is 24.3 Å². The molecule has 4 heteroatoms. The third-order valence-electron chi connectivity index (χ3n) is 4.36. The highest BCUT2D eigenvalue weighted by Crippen LogP contribution is 2.24. The van der Waals surface area contributed by atoms with E-state index in [1.165, 1.54) is 24.0 Å². The van der Waals surface area contributed by atoms with Crippen LogP contribution < -0.4 is 5.32 Å². The summed E-state index contributed by atoms with van der Waals surface area (Å²) in [6.45, 7) is 2.25. The zero-order valence-electron chi connectivity index (χ0n) is 12.5. The van der Waals surface area contributed by atoms with Crippen molar-refractivity contribution < 1.29 is 4.79 Å². The second-order valence-corrected chi connectivity index (χ2v) is 7.13. The van der Waals surface area contributed by atoms with E-state index < -0.39 is 0 Å². The molecule has 2 atom stereocenters. The van der Waals surface area contributed by atoms with Crippen molar-refractivity contribution in [2.24, 2.45) is 5.92 Å². The number of hydrogen-bond acceptors (Lipinski definition) is 3. The maximum Gasteiger partial charge on any atom is 0.220 e. The van der Waals surface area contributed by atoms with E-state index in [9.17, 15) is 4.79 Å². The first-order valence-electron chi connectivity index (χ1n) is 7.86. The number of aryl methyl sites for hydroxylation is 1. The van der Waals surface area contributed by atoms with Gasteiger partial charge in [-0.25, -0.2) is 4.98 Å². The van der Waals surface area contributed by atoms with Gasteiger partial charge in [-0.1, -0.05) is 31.9 Å². The van der Waals surface area contributed by atoms with Gasteiger partial charge in [0.15, 0.2) is 0 Å². The average Bonchev–Trinajstić information content (AvgIpc) is 2.90. The lowest BCUT2D eigenvalue weighted by molar-refractivity contribution is -0.122. The molecule has 0 spiro atoms. The Hall–Kier alpha value is -1.42. The molecule has 1 aliphatic carbocycles. The quantitative estimate of drug-likeness (QED) is 0.930. The Bertz CT molecular complexity index is 589. The molecule has 1 fully saturated rings. The highest BCUT2D eigenvalue weighted by molar-refractivity contribution is 7.18. The van der Waals surface area contributed by atoms with Crippen molar-refractivity contribution in [1.82, 2.24) is 10.3 Å². The number of benzene rings is 1. The fourth-order valence-electron chi connectivity index (χ4n) is 3.06. The van der Waals surface area contributed by atoms with Crippen LogP contribution in [0.3, 0.4) is 0 Å². The summed E-state index contributed by atoms with van der Waals surface area (Å²) in [5.74, 6) is 0.790. The second-order valence-electron chi connectivity index (χ2n) is 6.01. The number of thiazole rings is 1. The average molecular weight is 302 g/mol. The van der Waals surface area contributed by atoms with Crippen LogP contribution >= 0.6 is 11.3 Å². The van der Waals surface area contributed by atoms with Crippen molar-refractivity contribution in [2.45, 2.75) is 51.5 Å². The minimum atomic E-state index is 0.174. The number of carbonyl (C=O) groups excluding carboxylic acids is 1. The summed E-state index contributed by atoms with van der Waals surface area (Å²) < 4.78 is 1.20. The van der Waals surface area contributed by atoms with Crippen LogP contribution in [0.1, 0.15) is 44.0 Å². The zero-order valence-corrected chi connectivity index (χ0v) is 13.3. The summed E-state index contributed by atoms with van der Waals surface area (Å²) in [6, 6.07) is 8.52. The Kier molecular flexibility index (Phi) is 4.54. The number of carbonyl (C=O) groups is 1. The minimum Gasteiger partial charge on any atom is -0.353 e. The van der Waals surface area contributed by atoms with Gasteiger partial charge in [0.05, 0.1) is 15.2 Å². The number of nitrogens with zero attached hydrogens (tertiary/aromatic N) is 1. The van der Waals surface area contributed by atoms with Crippen LogP contribution in [0.5, 0.6) is 0 Å². The molecule has 1 aromatic heterocycles. The summed E-state index contributed by atoms with van der Waals surface area (Å²) in [4.78, 5) is 16.7. The lowest BCUT2D eigenvalue weighted by Crippen LogP contribution is -2.41. The summed E-state index contributed by atoms with van der Waals surface area (Å²) >= 11 is 1.69. The maximum absolute atomic E-state index is 12.1. The Labute approximate surface area is 129 Å². The molecule has 1 heterocycles. The van der Waals surface area contributed by atoms with Crippen molar-refractivity contribution >= 4 is 27.5 Å². The van der Waals surface area contributed by atoms with E-state index in [4.69, 9.17) is 0 Å². The van der Waals surface area contributed by atoms with Crippen LogP contribution in [0, 0.1) is 5.92 Å². The molecule has 0 bridgehead atoms. The topological polar surface area (TPSA) is 42.0 Å². The number of aromatic nitrogens is 1. The molecule has 3 rings (SSSR count). The normalized spacial score (nSPS) is 22.3. The molecule has 1 aliphatic rings. The van der Waals surface area contributed by atoms with Gasteiger partial charge in [-0.3, -0.25) is 4.79 Å². The molecule has 21 heavy (non-hydrogen) atoms. The van der Waals surface area contributed by atoms with E-state index in [-0.39, 0.29) is 5.91 Å². The fraction of sp³-hybridized carbons (Fsp3) is 0.529. The van der Waals surface area contributed by atoms with Crippen molar-refractivity contribution in [3.63, 3.8) is 0 Å². The molecule has 3 nitrogen and oxygen atoms in total. The molecule has 2 aromatic rings. The monoisotopic (exact) mass is 302 g/mol. The maximum atomic E-state index is 12.1. The number of hydrogen-bond donors (Lipinski definition) is 1. The van der Waals surface area contributed by atoms with Crippen molar-refractivity contribution in [3.05, 3.63) is 29.3 Å². The van der Waals surface area contributed by atoms with Crippen molar-refractivity contribution in [3.8, 4) is 0 Å². The smallest absolute Gasteiger partial charge is 0.220 e. The van der Waals surface area contributed by atoms with Gasteiger partial charge in [-0.15, -0.1) is 11.3 Å². The molecule has 0 aliphatic heterocycles. The number of fused-ring (bicyclic) bond motifs is 1. The van der Waals surface area contributed by atoms with Crippen LogP contribution in [0.25, 0.3) is 10.2 Å². The Balaban J connectivity index is 1.53. The molecule has 0 radical (unpaired) electrons. The van der Waals surface area contributed by atoms with E-state index in [2.05, 4.69) is 23.3 Å². The Morgan fingerprint density at radius 2 is 2.14 bits per heavy atom. The van der Waals surface area contributed by atoms with Gasteiger partial charge < -0.3 is 5.32 Å². The first kappa shape index (κ1) is 14.5. The Morgan fingerprint density at radius 1 is 1.33 bits per heavy atom. The van der Waals surface area contributed by atoms with Gasteiger partial charge >= 0.3 is 0 Å².